The first kappa shape index (κ1) is 11.6. The van der Waals surface area contributed by atoms with Crippen LogP contribution < -0.4 is 0 Å². The number of alkyl halides is 1. The van der Waals surface area contributed by atoms with Gasteiger partial charge >= 0.3 is 0 Å². The maximum absolute atomic E-state index is 5.56. The van der Waals surface area contributed by atoms with Crippen LogP contribution in [0.3, 0.4) is 0 Å². The molecule has 0 saturated heterocycles. The molecule has 0 saturated carbocycles. The average Bonchev–Trinajstić information content (AvgIpc) is 2.03. The van der Waals surface area contributed by atoms with Crippen LogP contribution >= 0.6 is 23.4 Å². The van der Waals surface area contributed by atoms with Crippen LogP contribution in [-0.2, 0) is 0 Å². The van der Waals surface area contributed by atoms with E-state index < -0.39 is 0 Å². The highest BCUT2D eigenvalue weighted by atomic mass is 35.5. The molecule has 0 unspecified atom stereocenters. The van der Waals surface area contributed by atoms with Crippen LogP contribution in [0.2, 0.25) is 0 Å². The lowest BCUT2D eigenvalue weighted by molar-refractivity contribution is 0.709. The molecule has 68 valence electrons. The van der Waals surface area contributed by atoms with Crippen molar-refractivity contribution in [1.82, 2.24) is 0 Å². The van der Waals surface area contributed by atoms with Crippen molar-refractivity contribution in [1.29, 1.82) is 0 Å². The first-order valence-corrected chi connectivity index (χ1v) is 6.24. The largest absolute Gasteiger partial charge is 0.162 e. The summed E-state index contributed by atoms with van der Waals surface area (Å²) in [6.45, 7) is 2.24. The Morgan fingerprint density at radius 3 is 2.36 bits per heavy atom. The second-order valence-electron chi connectivity index (χ2n) is 2.72. The van der Waals surface area contributed by atoms with Gasteiger partial charge in [-0.15, -0.1) is 11.6 Å². The fourth-order valence-electron chi connectivity index (χ4n) is 0.899. The van der Waals surface area contributed by atoms with Crippen molar-refractivity contribution in [3.63, 3.8) is 0 Å². The van der Waals surface area contributed by atoms with Crippen molar-refractivity contribution < 1.29 is 0 Å². The molecule has 0 amide bonds. The number of thioether (sulfide) groups is 1. The summed E-state index contributed by atoms with van der Waals surface area (Å²) in [5, 5.41) is 0. The lowest BCUT2D eigenvalue weighted by Gasteiger charge is -1.98. The van der Waals surface area contributed by atoms with E-state index in [0.717, 1.165) is 5.88 Å². The summed E-state index contributed by atoms with van der Waals surface area (Å²) in [6, 6.07) is 0. The molecule has 0 atom stereocenters. The van der Waals surface area contributed by atoms with Crippen molar-refractivity contribution in [2.45, 2.75) is 39.0 Å². The number of unbranched alkanes of at least 4 members (excludes halogenated alkanes) is 3. The number of rotatable bonds is 8. The van der Waals surface area contributed by atoms with Gasteiger partial charge in [0.25, 0.3) is 0 Å². The molecule has 0 fully saturated rings. The third kappa shape index (κ3) is 10.6. The van der Waals surface area contributed by atoms with Crippen molar-refractivity contribution in [3.8, 4) is 0 Å². The van der Waals surface area contributed by atoms with E-state index in [2.05, 4.69) is 18.7 Å². The number of hydrogen-bond acceptors (Lipinski definition) is 1. The molecule has 0 aliphatic carbocycles. The molecule has 0 spiro atoms. The predicted molar refractivity (Wildman–Crippen MR) is 56.8 cm³/mol. The molecule has 0 bridgehead atoms. The van der Waals surface area contributed by atoms with Crippen LogP contribution in [0, 0.1) is 0 Å². The van der Waals surface area contributed by atoms with Crippen LogP contribution in [0.4, 0.5) is 0 Å². The van der Waals surface area contributed by atoms with Gasteiger partial charge in [-0.2, -0.15) is 11.8 Å². The molecule has 0 rings (SSSR count). The van der Waals surface area contributed by atoms with Gasteiger partial charge in [0.05, 0.1) is 0 Å². The standard InChI is InChI=1S/C9H19ClS/c1-2-8-11-9-6-4-3-5-7-10/h2-9H2,1H3. The van der Waals surface area contributed by atoms with Gasteiger partial charge in [0.1, 0.15) is 0 Å². The van der Waals surface area contributed by atoms with E-state index in [1.165, 1.54) is 43.6 Å². The van der Waals surface area contributed by atoms with E-state index in [4.69, 9.17) is 11.6 Å². The molecule has 0 aromatic rings. The topological polar surface area (TPSA) is 0 Å². The second-order valence-corrected chi connectivity index (χ2v) is 4.32. The van der Waals surface area contributed by atoms with Gasteiger partial charge in [0.2, 0.25) is 0 Å². The lowest BCUT2D eigenvalue weighted by Crippen LogP contribution is -1.84. The Hall–Kier alpha value is 0.640. The highest BCUT2D eigenvalue weighted by molar-refractivity contribution is 7.99. The van der Waals surface area contributed by atoms with Crippen LogP contribution in [-0.4, -0.2) is 17.4 Å². The Bertz CT molecular complexity index is 58.6. The Labute approximate surface area is 80.1 Å². The van der Waals surface area contributed by atoms with Gasteiger partial charge in [0, 0.05) is 5.88 Å². The van der Waals surface area contributed by atoms with Crippen molar-refractivity contribution >= 4 is 23.4 Å². The zero-order valence-corrected chi connectivity index (χ0v) is 9.02. The average molecular weight is 195 g/mol. The Morgan fingerprint density at radius 2 is 1.73 bits per heavy atom. The smallest absolute Gasteiger partial charge is 0.0223 e. The molecular weight excluding hydrogens is 176 g/mol. The second kappa shape index (κ2) is 10.6. The van der Waals surface area contributed by atoms with Crippen LogP contribution in [0.25, 0.3) is 0 Å². The van der Waals surface area contributed by atoms with Crippen molar-refractivity contribution in [3.05, 3.63) is 0 Å². The van der Waals surface area contributed by atoms with Gasteiger partial charge < -0.3 is 0 Å². The van der Waals surface area contributed by atoms with E-state index in [1.54, 1.807) is 0 Å². The summed E-state index contributed by atoms with van der Waals surface area (Å²) in [4.78, 5) is 0. The molecule has 0 aliphatic heterocycles. The molecule has 0 nitrogen and oxygen atoms in total. The number of hydrogen-bond donors (Lipinski definition) is 0. The first-order chi connectivity index (χ1) is 5.41. The summed E-state index contributed by atoms with van der Waals surface area (Å²) in [7, 11) is 0. The van der Waals surface area contributed by atoms with E-state index in [-0.39, 0.29) is 0 Å². The quantitative estimate of drug-likeness (QED) is 0.417. The summed E-state index contributed by atoms with van der Waals surface area (Å²) >= 11 is 7.64. The van der Waals surface area contributed by atoms with Gasteiger partial charge in [-0.3, -0.25) is 0 Å². The third-order valence-corrected chi connectivity index (χ3v) is 3.06. The van der Waals surface area contributed by atoms with E-state index in [9.17, 15) is 0 Å². The minimum absolute atomic E-state index is 0.835. The molecule has 0 aliphatic rings. The molecular formula is C9H19ClS. The Balaban J connectivity index is 2.69. The summed E-state index contributed by atoms with van der Waals surface area (Å²) in [5.74, 6) is 3.51. The van der Waals surface area contributed by atoms with Gasteiger partial charge in [0.15, 0.2) is 0 Å². The van der Waals surface area contributed by atoms with Crippen LogP contribution in [0.1, 0.15) is 39.0 Å². The van der Waals surface area contributed by atoms with Gasteiger partial charge in [-0.25, -0.2) is 0 Å². The molecule has 0 N–H and O–H groups in total. The molecule has 2 heteroatoms. The van der Waals surface area contributed by atoms with Gasteiger partial charge in [-0.05, 0) is 30.8 Å². The van der Waals surface area contributed by atoms with Crippen molar-refractivity contribution in [2.75, 3.05) is 17.4 Å². The van der Waals surface area contributed by atoms with Crippen LogP contribution in [0.5, 0.6) is 0 Å². The third-order valence-electron chi connectivity index (χ3n) is 1.52. The minimum Gasteiger partial charge on any atom is -0.162 e. The summed E-state index contributed by atoms with van der Waals surface area (Å²) in [5.41, 5.74) is 0. The normalized spacial score (nSPS) is 10.4. The fraction of sp³-hybridized carbons (Fsp3) is 1.00. The van der Waals surface area contributed by atoms with E-state index in [0.29, 0.717) is 0 Å². The number of halogens is 1. The van der Waals surface area contributed by atoms with Gasteiger partial charge in [-0.1, -0.05) is 19.8 Å². The summed E-state index contributed by atoms with van der Waals surface area (Å²) in [6.07, 6.45) is 6.56. The Morgan fingerprint density at radius 1 is 1.00 bits per heavy atom. The van der Waals surface area contributed by atoms with Crippen LogP contribution in [0.15, 0.2) is 0 Å². The van der Waals surface area contributed by atoms with Crippen molar-refractivity contribution in [2.24, 2.45) is 0 Å². The SMILES string of the molecule is CCCSCCCCCCCl. The maximum atomic E-state index is 5.56. The van der Waals surface area contributed by atoms with E-state index >= 15 is 0 Å². The monoisotopic (exact) mass is 194 g/mol. The summed E-state index contributed by atoms with van der Waals surface area (Å²) < 4.78 is 0. The molecule has 0 aromatic carbocycles. The molecule has 11 heavy (non-hydrogen) atoms. The predicted octanol–water partition coefficient (Wildman–Crippen LogP) is 3.93. The van der Waals surface area contributed by atoms with E-state index in [1.807, 2.05) is 0 Å². The Kier molecular flexibility index (Phi) is 11.3. The zero-order valence-electron chi connectivity index (χ0n) is 7.44. The first-order valence-electron chi connectivity index (χ1n) is 4.55. The zero-order chi connectivity index (χ0) is 8.36. The highest BCUT2D eigenvalue weighted by Crippen LogP contribution is 2.08. The fourth-order valence-corrected chi connectivity index (χ4v) is 1.99. The molecule has 0 heterocycles. The molecule has 0 aromatic heterocycles. The maximum Gasteiger partial charge on any atom is 0.0223 e. The lowest BCUT2D eigenvalue weighted by atomic mass is 10.2. The molecule has 0 radical (unpaired) electrons. The highest BCUT2D eigenvalue weighted by Gasteiger charge is 1.89. The minimum atomic E-state index is 0.835.